The van der Waals surface area contributed by atoms with Crippen LogP contribution in [0.25, 0.3) is 0 Å². The van der Waals surface area contributed by atoms with Gasteiger partial charge in [0.2, 0.25) is 5.91 Å². The van der Waals surface area contributed by atoms with Crippen LogP contribution >= 0.6 is 0 Å². The van der Waals surface area contributed by atoms with Crippen molar-refractivity contribution in [3.8, 4) is 6.07 Å². The summed E-state index contributed by atoms with van der Waals surface area (Å²) in [6.45, 7) is 3.46. The highest BCUT2D eigenvalue weighted by atomic mass is 16.1. The third-order valence-corrected chi connectivity index (χ3v) is 4.00. The Balaban J connectivity index is 1.63. The van der Waals surface area contributed by atoms with Crippen LogP contribution in [0.3, 0.4) is 0 Å². The van der Waals surface area contributed by atoms with E-state index in [4.69, 9.17) is 11.0 Å². The number of nitrogens with zero attached hydrogens (tertiary/aromatic N) is 4. The van der Waals surface area contributed by atoms with Gasteiger partial charge in [-0.1, -0.05) is 0 Å². The molecule has 116 valence electrons. The average Bonchev–Trinajstić information content (AvgIpc) is 2.62. The van der Waals surface area contributed by atoms with Crippen molar-refractivity contribution in [3.05, 3.63) is 53.7 Å². The highest BCUT2D eigenvalue weighted by molar-refractivity contribution is 5.93. The smallest absolute Gasteiger partial charge is 0.248 e. The Labute approximate surface area is 134 Å². The number of hydrogen-bond donors (Lipinski definition) is 1. The SMILES string of the molecule is N#Cc1ccc(N2CCN(c3ccc(C(N)=O)cc3)CC2)nc1. The van der Waals surface area contributed by atoms with Crippen molar-refractivity contribution in [3.63, 3.8) is 0 Å². The van der Waals surface area contributed by atoms with E-state index in [1.54, 1.807) is 24.4 Å². The molecule has 0 aliphatic carbocycles. The topological polar surface area (TPSA) is 86.3 Å². The summed E-state index contributed by atoms with van der Waals surface area (Å²) in [4.78, 5) is 19.9. The number of anilines is 2. The second kappa shape index (κ2) is 6.36. The molecule has 0 atom stereocenters. The number of amides is 1. The molecule has 2 aromatic rings. The van der Waals surface area contributed by atoms with Gasteiger partial charge in [0, 0.05) is 43.6 Å². The summed E-state index contributed by atoms with van der Waals surface area (Å²) in [6.07, 6.45) is 1.60. The average molecular weight is 307 g/mol. The molecule has 1 saturated heterocycles. The van der Waals surface area contributed by atoms with Crippen LogP contribution in [-0.4, -0.2) is 37.1 Å². The predicted octanol–water partition coefficient (Wildman–Crippen LogP) is 1.38. The van der Waals surface area contributed by atoms with E-state index in [9.17, 15) is 4.79 Å². The van der Waals surface area contributed by atoms with Crippen molar-refractivity contribution in [2.24, 2.45) is 5.73 Å². The lowest BCUT2D eigenvalue weighted by molar-refractivity contribution is 0.100. The summed E-state index contributed by atoms with van der Waals surface area (Å²) in [6, 6.07) is 13.1. The largest absolute Gasteiger partial charge is 0.368 e. The first-order valence-electron chi connectivity index (χ1n) is 7.43. The number of rotatable bonds is 3. The van der Waals surface area contributed by atoms with Gasteiger partial charge in [-0.05, 0) is 36.4 Å². The maximum atomic E-state index is 11.1. The first kappa shape index (κ1) is 14.9. The Morgan fingerprint density at radius 3 is 2.22 bits per heavy atom. The van der Waals surface area contributed by atoms with E-state index in [1.807, 2.05) is 18.2 Å². The van der Waals surface area contributed by atoms with E-state index in [0.29, 0.717) is 11.1 Å². The number of carbonyl (C=O) groups excluding carboxylic acids is 1. The lowest BCUT2D eigenvalue weighted by Gasteiger charge is -2.36. The second-order valence-electron chi connectivity index (χ2n) is 5.40. The Hall–Kier alpha value is -3.07. The van der Waals surface area contributed by atoms with Crippen LogP contribution in [0.2, 0.25) is 0 Å². The third kappa shape index (κ3) is 3.24. The van der Waals surface area contributed by atoms with Gasteiger partial charge in [0.25, 0.3) is 0 Å². The summed E-state index contributed by atoms with van der Waals surface area (Å²) < 4.78 is 0. The monoisotopic (exact) mass is 307 g/mol. The molecular formula is C17H17N5O. The number of nitriles is 1. The normalized spacial score (nSPS) is 14.4. The van der Waals surface area contributed by atoms with Gasteiger partial charge in [0.05, 0.1) is 5.56 Å². The molecule has 1 aromatic carbocycles. The molecule has 0 saturated carbocycles. The molecule has 0 spiro atoms. The number of aromatic nitrogens is 1. The molecule has 1 aliphatic rings. The molecular weight excluding hydrogens is 290 g/mol. The number of pyridine rings is 1. The quantitative estimate of drug-likeness (QED) is 0.925. The van der Waals surface area contributed by atoms with Crippen molar-refractivity contribution in [2.75, 3.05) is 36.0 Å². The lowest BCUT2D eigenvalue weighted by atomic mass is 10.1. The zero-order valence-electron chi connectivity index (χ0n) is 12.6. The first-order chi connectivity index (χ1) is 11.2. The number of hydrogen-bond acceptors (Lipinski definition) is 5. The van der Waals surface area contributed by atoms with Crippen molar-refractivity contribution in [1.82, 2.24) is 4.98 Å². The fraction of sp³-hybridized carbons (Fsp3) is 0.235. The predicted molar refractivity (Wildman–Crippen MR) is 88.3 cm³/mol. The molecule has 1 aromatic heterocycles. The molecule has 1 fully saturated rings. The molecule has 0 unspecified atom stereocenters. The van der Waals surface area contributed by atoms with E-state index in [-0.39, 0.29) is 0 Å². The summed E-state index contributed by atoms with van der Waals surface area (Å²) in [5.74, 6) is 0.487. The minimum atomic E-state index is -0.409. The third-order valence-electron chi connectivity index (χ3n) is 4.00. The van der Waals surface area contributed by atoms with Gasteiger partial charge in [0.1, 0.15) is 11.9 Å². The lowest BCUT2D eigenvalue weighted by Crippen LogP contribution is -2.46. The van der Waals surface area contributed by atoms with Gasteiger partial charge in [-0.3, -0.25) is 4.79 Å². The van der Waals surface area contributed by atoms with E-state index < -0.39 is 5.91 Å². The maximum Gasteiger partial charge on any atom is 0.248 e. The van der Waals surface area contributed by atoms with Crippen LogP contribution in [0.15, 0.2) is 42.6 Å². The van der Waals surface area contributed by atoms with Crippen molar-refractivity contribution < 1.29 is 4.79 Å². The van der Waals surface area contributed by atoms with Crippen LogP contribution in [0.4, 0.5) is 11.5 Å². The Kier molecular flexibility index (Phi) is 4.11. The van der Waals surface area contributed by atoms with Gasteiger partial charge in [-0.25, -0.2) is 4.98 Å². The van der Waals surface area contributed by atoms with Crippen LogP contribution < -0.4 is 15.5 Å². The summed E-state index contributed by atoms with van der Waals surface area (Å²) in [5.41, 5.74) is 7.44. The summed E-state index contributed by atoms with van der Waals surface area (Å²) in [7, 11) is 0. The minimum absolute atomic E-state index is 0.409. The first-order valence-corrected chi connectivity index (χ1v) is 7.43. The molecule has 2 heterocycles. The zero-order chi connectivity index (χ0) is 16.2. The molecule has 1 aliphatic heterocycles. The van der Waals surface area contributed by atoms with Crippen LogP contribution in [0.5, 0.6) is 0 Å². The number of nitrogens with two attached hydrogens (primary N) is 1. The van der Waals surface area contributed by atoms with Crippen LogP contribution in [0, 0.1) is 11.3 Å². The van der Waals surface area contributed by atoms with Gasteiger partial charge >= 0.3 is 0 Å². The van der Waals surface area contributed by atoms with Crippen LogP contribution in [-0.2, 0) is 0 Å². The molecule has 0 radical (unpaired) electrons. The standard InChI is InChI=1S/C17H17N5O/c18-11-13-1-6-16(20-12-13)22-9-7-21(8-10-22)15-4-2-14(3-5-15)17(19)23/h1-6,12H,7-10H2,(H2,19,23). The Morgan fingerprint density at radius 2 is 1.70 bits per heavy atom. The number of primary amides is 1. The zero-order valence-corrected chi connectivity index (χ0v) is 12.6. The van der Waals surface area contributed by atoms with Crippen molar-refractivity contribution >= 4 is 17.4 Å². The molecule has 6 nitrogen and oxygen atoms in total. The van der Waals surface area contributed by atoms with Gasteiger partial charge in [-0.15, -0.1) is 0 Å². The molecule has 2 N–H and O–H groups in total. The molecule has 3 rings (SSSR count). The van der Waals surface area contributed by atoms with Gasteiger partial charge in [-0.2, -0.15) is 5.26 Å². The number of piperazine rings is 1. The molecule has 0 bridgehead atoms. The summed E-state index contributed by atoms with van der Waals surface area (Å²) in [5, 5.41) is 8.81. The maximum absolute atomic E-state index is 11.1. The van der Waals surface area contributed by atoms with Crippen molar-refractivity contribution in [1.29, 1.82) is 5.26 Å². The highest BCUT2D eigenvalue weighted by Crippen LogP contribution is 2.20. The van der Waals surface area contributed by atoms with E-state index in [2.05, 4.69) is 20.9 Å². The number of carbonyl (C=O) groups is 1. The van der Waals surface area contributed by atoms with Gasteiger partial charge in [0.15, 0.2) is 0 Å². The van der Waals surface area contributed by atoms with Gasteiger partial charge < -0.3 is 15.5 Å². The summed E-state index contributed by atoms with van der Waals surface area (Å²) >= 11 is 0. The highest BCUT2D eigenvalue weighted by Gasteiger charge is 2.18. The minimum Gasteiger partial charge on any atom is -0.368 e. The molecule has 23 heavy (non-hydrogen) atoms. The van der Waals surface area contributed by atoms with E-state index in [0.717, 1.165) is 37.7 Å². The molecule has 1 amide bonds. The second-order valence-corrected chi connectivity index (χ2v) is 5.40. The fourth-order valence-electron chi connectivity index (χ4n) is 2.67. The molecule has 6 heteroatoms. The Bertz CT molecular complexity index is 725. The Morgan fingerprint density at radius 1 is 1.04 bits per heavy atom. The fourth-order valence-corrected chi connectivity index (χ4v) is 2.67. The van der Waals surface area contributed by atoms with E-state index >= 15 is 0 Å². The number of benzene rings is 1. The van der Waals surface area contributed by atoms with Crippen LogP contribution in [0.1, 0.15) is 15.9 Å². The van der Waals surface area contributed by atoms with Crippen molar-refractivity contribution in [2.45, 2.75) is 0 Å². The van der Waals surface area contributed by atoms with E-state index in [1.165, 1.54) is 0 Å².